The Morgan fingerprint density at radius 1 is 0.833 bits per heavy atom. The Labute approximate surface area is 138 Å². The van der Waals surface area contributed by atoms with Crippen LogP contribution in [0.2, 0.25) is 0 Å². The number of ether oxygens (including phenoxy) is 1. The number of nitrogens with zero attached hydrogens (tertiary/aromatic N) is 2. The minimum Gasteiger partial charge on any atom is -0.418 e. The summed E-state index contributed by atoms with van der Waals surface area (Å²) in [4.78, 5) is 12.5. The number of aromatic nitrogens is 2. The SMILES string of the molecule is O=C(Oc1c(-c2ccccc2)nn2ccccc12)c1ccccc1. The first kappa shape index (κ1) is 14.2. The lowest BCUT2D eigenvalue weighted by molar-refractivity contribution is 0.0737. The van der Waals surface area contributed by atoms with Crippen molar-refractivity contribution < 1.29 is 9.53 Å². The summed E-state index contributed by atoms with van der Waals surface area (Å²) in [5.74, 6) is 0.0715. The van der Waals surface area contributed by atoms with E-state index < -0.39 is 5.97 Å². The molecule has 2 heterocycles. The number of carbonyl (C=O) groups is 1. The number of fused-ring (bicyclic) bond motifs is 1. The topological polar surface area (TPSA) is 43.6 Å². The number of benzene rings is 2. The van der Waals surface area contributed by atoms with Crippen molar-refractivity contribution in [3.63, 3.8) is 0 Å². The highest BCUT2D eigenvalue weighted by Gasteiger charge is 2.19. The average Bonchev–Trinajstić information content (AvgIpc) is 3.02. The molecule has 0 aliphatic carbocycles. The molecule has 4 rings (SSSR count). The lowest BCUT2D eigenvalue weighted by atomic mass is 10.1. The van der Waals surface area contributed by atoms with E-state index in [0.717, 1.165) is 11.1 Å². The molecule has 0 bridgehead atoms. The molecule has 0 N–H and O–H groups in total. The summed E-state index contributed by atoms with van der Waals surface area (Å²) in [5, 5.41) is 4.57. The molecule has 116 valence electrons. The molecule has 4 nitrogen and oxygen atoms in total. The van der Waals surface area contributed by atoms with Crippen LogP contribution < -0.4 is 4.74 Å². The van der Waals surface area contributed by atoms with Crippen LogP contribution in [0.4, 0.5) is 0 Å². The van der Waals surface area contributed by atoms with Gasteiger partial charge in [0.25, 0.3) is 0 Å². The Kier molecular flexibility index (Phi) is 3.56. The van der Waals surface area contributed by atoms with Crippen molar-refractivity contribution in [2.45, 2.75) is 0 Å². The first-order valence-corrected chi connectivity index (χ1v) is 7.63. The van der Waals surface area contributed by atoms with Crippen molar-refractivity contribution in [1.82, 2.24) is 9.61 Å². The largest absolute Gasteiger partial charge is 0.418 e. The van der Waals surface area contributed by atoms with Crippen molar-refractivity contribution in [2.24, 2.45) is 0 Å². The van der Waals surface area contributed by atoms with Gasteiger partial charge in [-0.3, -0.25) is 0 Å². The Morgan fingerprint density at radius 2 is 1.50 bits per heavy atom. The fourth-order valence-corrected chi connectivity index (χ4v) is 2.59. The van der Waals surface area contributed by atoms with Gasteiger partial charge in [0.15, 0.2) is 5.75 Å². The minimum atomic E-state index is -0.397. The monoisotopic (exact) mass is 314 g/mol. The van der Waals surface area contributed by atoms with Crippen LogP contribution in [0.1, 0.15) is 10.4 Å². The lowest BCUT2D eigenvalue weighted by Crippen LogP contribution is -2.08. The van der Waals surface area contributed by atoms with Gasteiger partial charge in [0.1, 0.15) is 11.2 Å². The second-order valence-electron chi connectivity index (χ2n) is 5.33. The number of rotatable bonds is 3. The zero-order valence-electron chi connectivity index (χ0n) is 12.8. The van der Waals surface area contributed by atoms with Gasteiger partial charge in [-0.15, -0.1) is 0 Å². The van der Waals surface area contributed by atoms with Crippen LogP contribution in [0, 0.1) is 0 Å². The van der Waals surface area contributed by atoms with E-state index in [1.165, 1.54) is 0 Å². The molecule has 0 aliphatic rings. The van der Waals surface area contributed by atoms with Gasteiger partial charge in [-0.05, 0) is 24.3 Å². The molecule has 2 aromatic heterocycles. The Bertz CT molecular complexity index is 992. The quantitative estimate of drug-likeness (QED) is 0.532. The second-order valence-corrected chi connectivity index (χ2v) is 5.33. The highest BCUT2D eigenvalue weighted by Crippen LogP contribution is 2.33. The molecule has 2 aromatic carbocycles. The maximum atomic E-state index is 12.5. The van der Waals surface area contributed by atoms with Gasteiger partial charge in [-0.1, -0.05) is 54.6 Å². The smallest absolute Gasteiger partial charge is 0.343 e. The molecule has 0 saturated carbocycles. The molecular formula is C20H14N2O2. The van der Waals surface area contributed by atoms with Gasteiger partial charge in [0.05, 0.1) is 5.56 Å². The Balaban J connectivity index is 1.83. The van der Waals surface area contributed by atoms with Gasteiger partial charge in [-0.2, -0.15) is 5.10 Å². The van der Waals surface area contributed by atoms with E-state index in [2.05, 4.69) is 5.10 Å². The summed E-state index contributed by atoms with van der Waals surface area (Å²) in [6, 6.07) is 24.3. The lowest BCUT2D eigenvalue weighted by Gasteiger charge is -2.05. The summed E-state index contributed by atoms with van der Waals surface area (Å²) in [5.41, 5.74) is 2.80. The summed E-state index contributed by atoms with van der Waals surface area (Å²) in [6.07, 6.45) is 1.83. The van der Waals surface area contributed by atoms with Gasteiger partial charge in [-0.25, -0.2) is 9.31 Å². The molecule has 4 heteroatoms. The molecule has 4 aromatic rings. The third-order valence-electron chi connectivity index (χ3n) is 3.75. The number of pyridine rings is 1. The zero-order chi connectivity index (χ0) is 16.4. The van der Waals surface area contributed by atoms with Crippen molar-refractivity contribution in [2.75, 3.05) is 0 Å². The van der Waals surface area contributed by atoms with Crippen molar-refractivity contribution in [3.05, 3.63) is 90.6 Å². The van der Waals surface area contributed by atoms with Gasteiger partial charge >= 0.3 is 5.97 Å². The summed E-state index contributed by atoms with van der Waals surface area (Å²) < 4.78 is 7.44. The predicted octanol–water partition coefficient (Wildman–Crippen LogP) is 4.22. The fraction of sp³-hybridized carbons (Fsp3) is 0. The normalized spacial score (nSPS) is 10.7. The number of carbonyl (C=O) groups excluding carboxylic acids is 1. The molecule has 24 heavy (non-hydrogen) atoms. The van der Waals surface area contributed by atoms with Crippen molar-refractivity contribution >= 4 is 11.5 Å². The fourth-order valence-electron chi connectivity index (χ4n) is 2.59. The van der Waals surface area contributed by atoms with E-state index in [9.17, 15) is 4.79 Å². The van der Waals surface area contributed by atoms with E-state index in [4.69, 9.17) is 4.74 Å². The van der Waals surface area contributed by atoms with Gasteiger partial charge < -0.3 is 4.74 Å². The maximum absolute atomic E-state index is 12.5. The van der Waals surface area contributed by atoms with E-state index in [1.807, 2.05) is 72.9 Å². The first-order chi connectivity index (χ1) is 11.8. The molecule has 0 fully saturated rings. The van der Waals surface area contributed by atoms with E-state index in [0.29, 0.717) is 17.0 Å². The van der Waals surface area contributed by atoms with Gasteiger partial charge in [0.2, 0.25) is 0 Å². The van der Waals surface area contributed by atoms with Crippen LogP contribution in [-0.2, 0) is 0 Å². The molecule has 0 aliphatic heterocycles. The van der Waals surface area contributed by atoms with Crippen molar-refractivity contribution in [1.29, 1.82) is 0 Å². The van der Waals surface area contributed by atoms with E-state index in [1.54, 1.807) is 16.6 Å². The summed E-state index contributed by atoms with van der Waals surface area (Å²) in [6.45, 7) is 0. The molecule has 0 unspecified atom stereocenters. The second kappa shape index (κ2) is 6.01. The minimum absolute atomic E-state index is 0.397. The molecular weight excluding hydrogens is 300 g/mol. The third kappa shape index (κ3) is 2.54. The molecule has 0 atom stereocenters. The van der Waals surface area contributed by atoms with Crippen LogP contribution in [0.3, 0.4) is 0 Å². The zero-order valence-corrected chi connectivity index (χ0v) is 12.8. The van der Waals surface area contributed by atoms with Crippen LogP contribution in [0.25, 0.3) is 16.8 Å². The number of hydrogen-bond donors (Lipinski definition) is 0. The number of hydrogen-bond acceptors (Lipinski definition) is 3. The first-order valence-electron chi connectivity index (χ1n) is 7.63. The van der Waals surface area contributed by atoms with E-state index >= 15 is 0 Å². The molecule has 0 radical (unpaired) electrons. The molecule has 0 saturated heterocycles. The van der Waals surface area contributed by atoms with Crippen molar-refractivity contribution in [3.8, 4) is 17.0 Å². The maximum Gasteiger partial charge on any atom is 0.343 e. The number of esters is 1. The Morgan fingerprint density at radius 3 is 2.25 bits per heavy atom. The van der Waals surface area contributed by atoms with Crippen LogP contribution in [0.5, 0.6) is 5.75 Å². The third-order valence-corrected chi connectivity index (χ3v) is 3.75. The summed E-state index contributed by atoms with van der Waals surface area (Å²) in [7, 11) is 0. The molecule has 0 spiro atoms. The van der Waals surface area contributed by atoms with Gasteiger partial charge in [0, 0.05) is 11.8 Å². The average molecular weight is 314 g/mol. The Hall–Kier alpha value is -3.40. The highest BCUT2D eigenvalue weighted by atomic mass is 16.5. The highest BCUT2D eigenvalue weighted by molar-refractivity contribution is 5.93. The van der Waals surface area contributed by atoms with Crippen LogP contribution >= 0.6 is 0 Å². The van der Waals surface area contributed by atoms with Crippen LogP contribution in [0.15, 0.2) is 85.1 Å². The predicted molar refractivity (Wildman–Crippen MR) is 92.0 cm³/mol. The molecule has 0 amide bonds. The van der Waals surface area contributed by atoms with E-state index in [-0.39, 0.29) is 0 Å². The standard InChI is InChI=1S/C20H14N2O2/c23-20(16-11-5-2-6-12-16)24-19-17-13-7-8-14-22(17)21-18(19)15-9-3-1-4-10-15/h1-14H. The summed E-state index contributed by atoms with van der Waals surface area (Å²) >= 11 is 0. The van der Waals surface area contributed by atoms with Crippen LogP contribution in [-0.4, -0.2) is 15.6 Å².